The number of rotatable bonds is 2. The molecule has 0 radical (unpaired) electrons. The van der Waals surface area contributed by atoms with Gasteiger partial charge in [-0.2, -0.15) is 13.2 Å². The highest BCUT2D eigenvalue weighted by Gasteiger charge is 2.47. The normalized spacial score (nSPS) is 24.8. The molecule has 1 saturated carbocycles. The van der Waals surface area contributed by atoms with E-state index in [4.69, 9.17) is 10.8 Å². The zero-order chi connectivity index (χ0) is 8.70. The molecule has 2 nitrogen and oxygen atoms in total. The molecule has 1 unspecified atom stereocenters. The van der Waals surface area contributed by atoms with Crippen LogP contribution in [0.25, 0.3) is 0 Å². The number of alkyl halides is 3. The van der Waals surface area contributed by atoms with Crippen LogP contribution >= 0.6 is 0 Å². The molecular formula is C6H10F3NO. The van der Waals surface area contributed by atoms with Gasteiger partial charge in [0.25, 0.3) is 0 Å². The first-order valence-corrected chi connectivity index (χ1v) is 3.37. The number of aliphatic hydroxyl groups is 1. The van der Waals surface area contributed by atoms with Crippen LogP contribution in [0.3, 0.4) is 0 Å². The van der Waals surface area contributed by atoms with Crippen molar-refractivity contribution < 1.29 is 18.3 Å². The van der Waals surface area contributed by atoms with Crippen molar-refractivity contribution in [1.82, 2.24) is 0 Å². The molecule has 0 bridgehead atoms. The van der Waals surface area contributed by atoms with Crippen LogP contribution in [0.2, 0.25) is 0 Å². The third kappa shape index (κ3) is 2.34. The second-order valence-electron chi connectivity index (χ2n) is 3.12. The second kappa shape index (κ2) is 2.35. The van der Waals surface area contributed by atoms with E-state index in [1.807, 2.05) is 0 Å². The van der Waals surface area contributed by atoms with Crippen molar-refractivity contribution in [3.63, 3.8) is 0 Å². The molecule has 0 aromatic carbocycles. The van der Waals surface area contributed by atoms with E-state index in [0.29, 0.717) is 12.8 Å². The Bertz CT molecular complexity index is 152. The lowest BCUT2D eigenvalue weighted by molar-refractivity contribution is -0.207. The van der Waals surface area contributed by atoms with Gasteiger partial charge >= 0.3 is 6.18 Å². The summed E-state index contributed by atoms with van der Waals surface area (Å²) in [5.74, 6) is 0. The van der Waals surface area contributed by atoms with Crippen molar-refractivity contribution in [3.8, 4) is 0 Å². The van der Waals surface area contributed by atoms with Crippen molar-refractivity contribution in [2.45, 2.75) is 37.1 Å². The van der Waals surface area contributed by atoms with Gasteiger partial charge in [0.05, 0.1) is 0 Å². The first-order chi connectivity index (χ1) is 4.83. The molecule has 0 aromatic heterocycles. The predicted octanol–water partition coefficient (Wildman–Crippen LogP) is 0.791. The topological polar surface area (TPSA) is 46.2 Å². The predicted molar refractivity (Wildman–Crippen MR) is 32.8 cm³/mol. The molecular weight excluding hydrogens is 159 g/mol. The highest BCUT2D eigenvalue weighted by Crippen LogP contribution is 2.39. The summed E-state index contributed by atoms with van der Waals surface area (Å²) in [6, 6.07) is 0. The summed E-state index contributed by atoms with van der Waals surface area (Å²) in [7, 11) is 0. The molecule has 5 heteroatoms. The maximum atomic E-state index is 11.7. The molecule has 1 fully saturated rings. The fourth-order valence-electron chi connectivity index (χ4n) is 0.865. The van der Waals surface area contributed by atoms with E-state index in [-0.39, 0.29) is 6.42 Å². The molecule has 3 N–H and O–H groups in total. The standard InChI is InChI=1S/C6H10F3NO/c7-6(8,9)4(11)3-5(10)1-2-5/h4,11H,1-3,10H2. The zero-order valence-electron chi connectivity index (χ0n) is 5.86. The van der Waals surface area contributed by atoms with Crippen molar-refractivity contribution in [3.05, 3.63) is 0 Å². The third-order valence-corrected chi connectivity index (χ3v) is 1.87. The van der Waals surface area contributed by atoms with E-state index in [1.165, 1.54) is 0 Å². The van der Waals surface area contributed by atoms with E-state index in [0.717, 1.165) is 0 Å². The molecule has 0 amide bonds. The maximum absolute atomic E-state index is 11.7. The fourth-order valence-corrected chi connectivity index (χ4v) is 0.865. The first-order valence-electron chi connectivity index (χ1n) is 3.37. The molecule has 1 atom stereocenters. The Hall–Kier alpha value is -0.290. The van der Waals surface area contributed by atoms with Crippen LogP contribution in [0.1, 0.15) is 19.3 Å². The molecule has 0 saturated heterocycles. The van der Waals surface area contributed by atoms with Gasteiger partial charge in [0, 0.05) is 12.0 Å². The summed E-state index contributed by atoms with van der Waals surface area (Å²) in [6.07, 6.45) is -5.97. The Kier molecular flexibility index (Phi) is 1.88. The lowest BCUT2D eigenvalue weighted by Gasteiger charge is -2.17. The smallest absolute Gasteiger partial charge is 0.384 e. The van der Waals surface area contributed by atoms with Crippen molar-refractivity contribution in [2.75, 3.05) is 0 Å². The number of aliphatic hydroxyl groups excluding tert-OH is 1. The Morgan fingerprint density at radius 2 is 1.91 bits per heavy atom. The summed E-state index contributed by atoms with van der Waals surface area (Å²) in [6.45, 7) is 0. The van der Waals surface area contributed by atoms with Crippen LogP contribution in [0.5, 0.6) is 0 Å². The first kappa shape index (κ1) is 8.80. The largest absolute Gasteiger partial charge is 0.414 e. The van der Waals surface area contributed by atoms with E-state index < -0.39 is 17.8 Å². The van der Waals surface area contributed by atoms with Gasteiger partial charge in [-0.1, -0.05) is 0 Å². The molecule has 0 aliphatic heterocycles. The van der Waals surface area contributed by atoms with Crippen molar-refractivity contribution in [1.29, 1.82) is 0 Å². The molecule has 66 valence electrons. The molecule has 0 heterocycles. The van der Waals surface area contributed by atoms with Crippen molar-refractivity contribution >= 4 is 0 Å². The highest BCUT2D eigenvalue weighted by atomic mass is 19.4. The molecule has 1 rings (SSSR count). The summed E-state index contributed by atoms with van der Waals surface area (Å²) >= 11 is 0. The molecule has 11 heavy (non-hydrogen) atoms. The van der Waals surface area contributed by atoms with E-state index in [2.05, 4.69) is 0 Å². The van der Waals surface area contributed by atoms with Crippen LogP contribution in [0.15, 0.2) is 0 Å². The summed E-state index contributed by atoms with van der Waals surface area (Å²) in [4.78, 5) is 0. The Morgan fingerprint density at radius 1 is 1.45 bits per heavy atom. The van der Waals surface area contributed by atoms with Gasteiger partial charge in [-0.05, 0) is 12.8 Å². The van der Waals surface area contributed by atoms with Crippen LogP contribution in [-0.4, -0.2) is 22.9 Å². The van der Waals surface area contributed by atoms with Gasteiger partial charge in [-0.25, -0.2) is 0 Å². The minimum atomic E-state index is -4.52. The van der Waals surface area contributed by atoms with Gasteiger partial charge in [0.1, 0.15) is 0 Å². The SMILES string of the molecule is NC1(CC(O)C(F)(F)F)CC1. The average Bonchev–Trinajstić information content (AvgIpc) is 2.45. The van der Waals surface area contributed by atoms with Gasteiger partial charge in [0.2, 0.25) is 0 Å². The van der Waals surface area contributed by atoms with E-state index >= 15 is 0 Å². The van der Waals surface area contributed by atoms with Gasteiger partial charge in [0.15, 0.2) is 6.10 Å². The molecule has 1 aliphatic carbocycles. The Morgan fingerprint density at radius 3 is 2.18 bits per heavy atom. The summed E-state index contributed by atoms with van der Waals surface area (Å²) in [5.41, 5.74) is 4.64. The number of hydrogen-bond donors (Lipinski definition) is 2. The molecule has 1 aliphatic rings. The Labute approximate surface area is 62.2 Å². The van der Waals surface area contributed by atoms with Crippen LogP contribution in [0, 0.1) is 0 Å². The molecule has 0 spiro atoms. The molecule has 0 aromatic rings. The van der Waals surface area contributed by atoms with Gasteiger partial charge < -0.3 is 10.8 Å². The third-order valence-electron chi connectivity index (χ3n) is 1.87. The van der Waals surface area contributed by atoms with Crippen LogP contribution < -0.4 is 5.73 Å². The maximum Gasteiger partial charge on any atom is 0.414 e. The minimum absolute atomic E-state index is 0.365. The Balaban J connectivity index is 2.37. The lowest BCUT2D eigenvalue weighted by Crippen LogP contribution is -2.36. The summed E-state index contributed by atoms with van der Waals surface area (Å²) in [5, 5.41) is 8.56. The van der Waals surface area contributed by atoms with Crippen molar-refractivity contribution in [2.24, 2.45) is 5.73 Å². The fraction of sp³-hybridized carbons (Fsp3) is 1.00. The van der Waals surface area contributed by atoms with E-state index in [1.54, 1.807) is 0 Å². The highest BCUT2D eigenvalue weighted by molar-refractivity contribution is 5.00. The minimum Gasteiger partial charge on any atom is -0.384 e. The number of nitrogens with two attached hydrogens (primary N) is 1. The number of halogens is 3. The summed E-state index contributed by atoms with van der Waals surface area (Å²) < 4.78 is 35.1. The van der Waals surface area contributed by atoms with Gasteiger partial charge in [-0.15, -0.1) is 0 Å². The second-order valence-corrected chi connectivity index (χ2v) is 3.12. The van der Waals surface area contributed by atoms with Gasteiger partial charge in [-0.3, -0.25) is 0 Å². The number of hydrogen-bond acceptors (Lipinski definition) is 2. The van der Waals surface area contributed by atoms with Crippen LogP contribution in [-0.2, 0) is 0 Å². The van der Waals surface area contributed by atoms with Crippen LogP contribution in [0.4, 0.5) is 13.2 Å². The lowest BCUT2D eigenvalue weighted by atomic mass is 10.1. The zero-order valence-corrected chi connectivity index (χ0v) is 5.86. The monoisotopic (exact) mass is 169 g/mol. The average molecular weight is 169 g/mol. The quantitative estimate of drug-likeness (QED) is 0.642. The van der Waals surface area contributed by atoms with E-state index in [9.17, 15) is 13.2 Å².